The second kappa shape index (κ2) is 8.72. The molecule has 0 bridgehead atoms. The molecule has 0 unspecified atom stereocenters. The summed E-state index contributed by atoms with van der Waals surface area (Å²) in [6.45, 7) is 6.02. The summed E-state index contributed by atoms with van der Waals surface area (Å²) in [5, 5.41) is 10.5. The van der Waals surface area contributed by atoms with Gasteiger partial charge in [-0.2, -0.15) is 0 Å². The first-order chi connectivity index (χ1) is 14.8. The first-order valence-electron chi connectivity index (χ1n) is 9.77. The van der Waals surface area contributed by atoms with Crippen molar-refractivity contribution in [2.45, 2.75) is 40.2 Å². The number of aromatic nitrogens is 2. The van der Waals surface area contributed by atoms with E-state index in [-0.39, 0.29) is 12.2 Å². The van der Waals surface area contributed by atoms with Crippen molar-refractivity contribution in [3.8, 4) is 16.3 Å². The number of carboxylic acid groups (broad SMARTS) is 1. The van der Waals surface area contributed by atoms with Crippen molar-refractivity contribution in [3.63, 3.8) is 0 Å². The van der Waals surface area contributed by atoms with Crippen LogP contribution in [0, 0.1) is 26.6 Å². The molecule has 0 amide bonds. The standard InChI is InChI=1S/C23H21FN2O3S2/c1-12-4-5-15(9-17(12)24)23-25-14(3)19(30-23)11-29-16-8-13(2)22-18(10-16)26-20(31-22)6-7-21(27)28/h4-5,8-10H,6-7,11H2,1-3H3,(H,27,28). The number of carboxylic acids is 1. The molecule has 1 N–H and O–H groups in total. The van der Waals surface area contributed by atoms with Crippen LogP contribution in [-0.4, -0.2) is 21.0 Å². The Morgan fingerprint density at radius 1 is 1.10 bits per heavy atom. The van der Waals surface area contributed by atoms with Crippen LogP contribution >= 0.6 is 22.7 Å². The summed E-state index contributed by atoms with van der Waals surface area (Å²) in [4.78, 5) is 20.9. The third-order valence-corrected chi connectivity index (χ3v) is 7.37. The average molecular weight is 457 g/mol. The Hall–Kier alpha value is -2.84. The first-order valence-corrected chi connectivity index (χ1v) is 11.4. The van der Waals surface area contributed by atoms with E-state index in [9.17, 15) is 9.18 Å². The lowest BCUT2D eigenvalue weighted by Crippen LogP contribution is -1.96. The molecular weight excluding hydrogens is 435 g/mol. The number of rotatable bonds is 7. The minimum absolute atomic E-state index is 0.0695. The first kappa shape index (κ1) is 21.4. The molecule has 0 spiro atoms. The molecule has 0 aliphatic rings. The van der Waals surface area contributed by atoms with Crippen molar-refractivity contribution in [2.75, 3.05) is 0 Å². The van der Waals surface area contributed by atoms with Gasteiger partial charge in [0.2, 0.25) is 0 Å². The smallest absolute Gasteiger partial charge is 0.303 e. The zero-order valence-electron chi connectivity index (χ0n) is 17.4. The minimum Gasteiger partial charge on any atom is -0.488 e. The molecule has 4 rings (SSSR count). The maximum atomic E-state index is 13.9. The van der Waals surface area contributed by atoms with Gasteiger partial charge in [-0.15, -0.1) is 22.7 Å². The highest BCUT2D eigenvalue weighted by atomic mass is 32.1. The number of ether oxygens (including phenoxy) is 1. The molecule has 8 heteroatoms. The molecule has 31 heavy (non-hydrogen) atoms. The summed E-state index contributed by atoms with van der Waals surface area (Å²) in [5.41, 5.74) is 4.10. The lowest BCUT2D eigenvalue weighted by atomic mass is 10.1. The molecule has 5 nitrogen and oxygen atoms in total. The molecule has 0 saturated heterocycles. The van der Waals surface area contributed by atoms with Crippen LogP contribution in [0.4, 0.5) is 4.39 Å². The van der Waals surface area contributed by atoms with Crippen LogP contribution in [0.5, 0.6) is 5.75 Å². The fourth-order valence-corrected chi connectivity index (χ4v) is 5.16. The molecule has 2 aromatic carbocycles. The Morgan fingerprint density at radius 3 is 2.65 bits per heavy atom. The van der Waals surface area contributed by atoms with E-state index in [1.54, 1.807) is 13.0 Å². The van der Waals surface area contributed by atoms with Gasteiger partial charge in [0.05, 0.1) is 32.2 Å². The molecule has 2 heterocycles. The number of hydrogen-bond acceptors (Lipinski definition) is 6. The van der Waals surface area contributed by atoms with Crippen LogP contribution in [0.15, 0.2) is 30.3 Å². The monoisotopic (exact) mass is 456 g/mol. The Bertz CT molecular complexity index is 1280. The van der Waals surface area contributed by atoms with Crippen LogP contribution in [0.2, 0.25) is 0 Å². The van der Waals surface area contributed by atoms with E-state index < -0.39 is 5.97 Å². The number of aryl methyl sites for hydroxylation is 4. The largest absolute Gasteiger partial charge is 0.488 e. The molecule has 2 aromatic heterocycles. The molecule has 0 fully saturated rings. The van der Waals surface area contributed by atoms with Gasteiger partial charge in [0.1, 0.15) is 23.2 Å². The predicted molar refractivity (Wildman–Crippen MR) is 122 cm³/mol. The summed E-state index contributed by atoms with van der Waals surface area (Å²) < 4.78 is 21.0. The average Bonchev–Trinajstić information content (AvgIpc) is 3.30. The van der Waals surface area contributed by atoms with Gasteiger partial charge in [-0.1, -0.05) is 12.1 Å². The van der Waals surface area contributed by atoms with Crippen molar-refractivity contribution < 1.29 is 19.0 Å². The zero-order chi connectivity index (χ0) is 22.1. The van der Waals surface area contributed by atoms with E-state index >= 15 is 0 Å². The molecule has 160 valence electrons. The topological polar surface area (TPSA) is 72.3 Å². The van der Waals surface area contributed by atoms with Gasteiger partial charge in [-0.25, -0.2) is 14.4 Å². The van der Waals surface area contributed by atoms with Crippen LogP contribution in [0.1, 0.15) is 33.1 Å². The third-order valence-electron chi connectivity index (χ3n) is 4.93. The van der Waals surface area contributed by atoms with E-state index in [4.69, 9.17) is 9.84 Å². The highest BCUT2D eigenvalue weighted by Crippen LogP contribution is 2.33. The van der Waals surface area contributed by atoms with Crippen molar-refractivity contribution in [3.05, 3.63) is 62.9 Å². The molecule has 0 aliphatic carbocycles. The second-order valence-electron chi connectivity index (χ2n) is 7.37. The number of thiazole rings is 2. The van der Waals surface area contributed by atoms with Gasteiger partial charge in [0.25, 0.3) is 0 Å². The van der Waals surface area contributed by atoms with Gasteiger partial charge >= 0.3 is 5.97 Å². The minimum atomic E-state index is -0.826. The summed E-state index contributed by atoms with van der Waals surface area (Å²) in [6.07, 6.45) is 0.493. The Kier molecular flexibility index (Phi) is 6.02. The van der Waals surface area contributed by atoms with Crippen molar-refractivity contribution in [2.24, 2.45) is 0 Å². The summed E-state index contributed by atoms with van der Waals surface area (Å²) in [7, 11) is 0. The van der Waals surface area contributed by atoms with Crippen LogP contribution in [0.25, 0.3) is 20.8 Å². The van der Waals surface area contributed by atoms with Crippen molar-refractivity contribution in [1.82, 2.24) is 9.97 Å². The Labute approximate surface area is 187 Å². The predicted octanol–water partition coefficient (Wildman–Crippen LogP) is 6.08. The maximum absolute atomic E-state index is 13.9. The van der Waals surface area contributed by atoms with Gasteiger partial charge in [0.15, 0.2) is 0 Å². The lowest BCUT2D eigenvalue weighted by molar-refractivity contribution is -0.136. The van der Waals surface area contributed by atoms with Crippen LogP contribution < -0.4 is 4.74 Å². The van der Waals surface area contributed by atoms with Gasteiger partial charge < -0.3 is 9.84 Å². The van der Waals surface area contributed by atoms with Gasteiger partial charge in [-0.05, 0) is 44.0 Å². The number of fused-ring (bicyclic) bond motifs is 1. The summed E-state index contributed by atoms with van der Waals surface area (Å²) in [6, 6.07) is 9.00. The van der Waals surface area contributed by atoms with E-state index in [0.717, 1.165) is 41.9 Å². The fraction of sp³-hybridized carbons (Fsp3) is 0.261. The second-order valence-corrected chi connectivity index (χ2v) is 9.54. The summed E-state index contributed by atoms with van der Waals surface area (Å²) >= 11 is 3.02. The maximum Gasteiger partial charge on any atom is 0.303 e. The number of aliphatic carboxylic acids is 1. The van der Waals surface area contributed by atoms with E-state index in [1.165, 1.54) is 28.7 Å². The van der Waals surface area contributed by atoms with Gasteiger partial charge in [-0.3, -0.25) is 4.79 Å². The quantitative estimate of drug-likeness (QED) is 0.365. The van der Waals surface area contributed by atoms with Gasteiger partial charge in [0, 0.05) is 18.1 Å². The summed E-state index contributed by atoms with van der Waals surface area (Å²) in [5.74, 6) is -0.360. The Morgan fingerprint density at radius 2 is 1.90 bits per heavy atom. The highest BCUT2D eigenvalue weighted by Gasteiger charge is 2.13. The van der Waals surface area contributed by atoms with E-state index in [0.29, 0.717) is 24.3 Å². The molecule has 0 radical (unpaired) electrons. The number of halogens is 1. The molecule has 0 aliphatic heterocycles. The number of carbonyl (C=O) groups is 1. The molecule has 4 aromatic rings. The number of benzene rings is 2. The third kappa shape index (κ3) is 4.75. The van der Waals surface area contributed by atoms with E-state index in [2.05, 4.69) is 9.97 Å². The fourth-order valence-electron chi connectivity index (χ4n) is 3.18. The Balaban J connectivity index is 1.51. The van der Waals surface area contributed by atoms with E-state index in [1.807, 2.05) is 32.0 Å². The van der Waals surface area contributed by atoms with Crippen LogP contribution in [-0.2, 0) is 17.8 Å². The van der Waals surface area contributed by atoms with Crippen molar-refractivity contribution in [1.29, 1.82) is 0 Å². The number of nitrogens with zero attached hydrogens (tertiary/aromatic N) is 2. The highest BCUT2D eigenvalue weighted by molar-refractivity contribution is 7.18. The lowest BCUT2D eigenvalue weighted by Gasteiger charge is -2.06. The SMILES string of the molecule is Cc1ccc(-c2nc(C)c(COc3cc(C)c4sc(CCC(=O)O)nc4c3)s2)cc1F. The zero-order valence-corrected chi connectivity index (χ0v) is 19.0. The van der Waals surface area contributed by atoms with Crippen molar-refractivity contribution >= 4 is 38.9 Å². The molecule has 0 saturated carbocycles. The van der Waals surface area contributed by atoms with Crippen LogP contribution in [0.3, 0.4) is 0 Å². The molecular formula is C23H21FN2O3S2. The molecule has 0 atom stereocenters. The normalized spacial score (nSPS) is 11.2. The number of hydrogen-bond donors (Lipinski definition) is 1.